The third-order valence-electron chi connectivity index (χ3n) is 8.11. The third-order valence-corrected chi connectivity index (χ3v) is 8.11. The Morgan fingerprint density at radius 1 is 0.959 bits per heavy atom. The van der Waals surface area contributed by atoms with E-state index in [9.17, 15) is 24.0 Å². The number of aromatic nitrogens is 2. The maximum absolute atomic E-state index is 13.6. The minimum atomic E-state index is -0.589. The van der Waals surface area contributed by atoms with Gasteiger partial charge in [-0.1, -0.05) is 0 Å². The molecule has 4 rings (SSSR count). The van der Waals surface area contributed by atoms with Crippen molar-refractivity contribution in [3.8, 4) is 11.1 Å². The van der Waals surface area contributed by atoms with Crippen LogP contribution in [0.1, 0.15) is 72.8 Å². The van der Waals surface area contributed by atoms with Crippen molar-refractivity contribution in [3.63, 3.8) is 0 Å². The van der Waals surface area contributed by atoms with Crippen LogP contribution >= 0.6 is 0 Å². The molecule has 14 nitrogen and oxygen atoms in total. The number of carbonyl (C=O) groups is 4. The first-order valence-corrected chi connectivity index (χ1v) is 16.2. The van der Waals surface area contributed by atoms with E-state index in [4.69, 9.17) is 9.94 Å². The van der Waals surface area contributed by atoms with Gasteiger partial charge in [-0.2, -0.15) is 0 Å². The predicted molar refractivity (Wildman–Crippen MR) is 185 cm³/mol. The van der Waals surface area contributed by atoms with E-state index >= 15 is 0 Å². The summed E-state index contributed by atoms with van der Waals surface area (Å²) in [6.07, 6.45) is 1.56. The van der Waals surface area contributed by atoms with Gasteiger partial charge in [-0.15, -0.1) is 0 Å². The molecule has 1 aromatic carbocycles. The lowest BCUT2D eigenvalue weighted by Gasteiger charge is -2.36. The van der Waals surface area contributed by atoms with Gasteiger partial charge in [-0.05, 0) is 95.0 Å². The number of amides is 4. The zero-order valence-electron chi connectivity index (χ0n) is 28.9. The fraction of sp³-hybridized carbons (Fsp3) is 0.429. The van der Waals surface area contributed by atoms with Crippen LogP contribution in [0.25, 0.3) is 11.1 Å². The SMILES string of the molecule is Cc1cc(C)c(CNC(=O)c2cc(-c3ccc(N4CCN(C(=O)OC(C)(C)C)CC4)nc3)cc(NC(=O)CCCC(=O)NO)c2C)c(=O)[nH]1. The van der Waals surface area contributed by atoms with Gasteiger partial charge in [0.1, 0.15) is 11.4 Å². The largest absolute Gasteiger partial charge is 0.444 e. The molecule has 3 aromatic rings. The first kappa shape index (κ1) is 36.6. The van der Waals surface area contributed by atoms with E-state index in [1.54, 1.807) is 42.6 Å². The van der Waals surface area contributed by atoms with Gasteiger partial charge in [0.2, 0.25) is 11.8 Å². The maximum atomic E-state index is 13.6. The summed E-state index contributed by atoms with van der Waals surface area (Å²) < 4.78 is 5.49. The molecule has 262 valence electrons. The summed E-state index contributed by atoms with van der Waals surface area (Å²) in [6, 6.07) is 9.06. The number of hydrogen-bond acceptors (Lipinski definition) is 9. The second-order valence-electron chi connectivity index (χ2n) is 13.1. The Morgan fingerprint density at radius 2 is 1.65 bits per heavy atom. The van der Waals surface area contributed by atoms with Gasteiger partial charge in [-0.25, -0.2) is 15.3 Å². The Bertz CT molecular complexity index is 1760. The molecular formula is C35H45N7O7. The minimum absolute atomic E-state index is 0.00993. The molecular weight excluding hydrogens is 630 g/mol. The van der Waals surface area contributed by atoms with Gasteiger partial charge >= 0.3 is 6.09 Å². The molecule has 1 aliphatic rings. The second kappa shape index (κ2) is 15.8. The second-order valence-corrected chi connectivity index (χ2v) is 13.1. The van der Waals surface area contributed by atoms with Crippen LogP contribution in [0, 0.1) is 20.8 Å². The number of hydrogen-bond donors (Lipinski definition) is 5. The molecule has 1 aliphatic heterocycles. The number of nitrogens with one attached hydrogen (secondary N) is 4. The Hall–Kier alpha value is -5.24. The van der Waals surface area contributed by atoms with E-state index in [-0.39, 0.29) is 43.4 Å². The number of pyridine rings is 2. The van der Waals surface area contributed by atoms with Gasteiger partial charge in [0, 0.05) is 79.8 Å². The number of aromatic amines is 1. The van der Waals surface area contributed by atoms with Crippen molar-refractivity contribution in [1.82, 2.24) is 25.7 Å². The average Bonchev–Trinajstić information content (AvgIpc) is 3.04. The molecule has 3 heterocycles. The van der Waals surface area contributed by atoms with E-state index in [0.717, 1.165) is 17.1 Å². The summed E-state index contributed by atoms with van der Waals surface area (Å²) in [7, 11) is 0. The summed E-state index contributed by atoms with van der Waals surface area (Å²) in [5.74, 6) is -0.648. The van der Waals surface area contributed by atoms with E-state index in [1.165, 1.54) is 0 Å². The molecule has 0 atom stereocenters. The normalized spacial score (nSPS) is 13.1. The lowest BCUT2D eigenvalue weighted by Crippen LogP contribution is -2.50. The van der Waals surface area contributed by atoms with Crippen molar-refractivity contribution in [2.75, 3.05) is 36.4 Å². The molecule has 0 saturated carbocycles. The molecule has 0 bridgehead atoms. The van der Waals surface area contributed by atoms with Crippen molar-refractivity contribution in [3.05, 3.63) is 74.8 Å². The number of piperazine rings is 1. The Balaban J connectivity index is 1.55. The maximum Gasteiger partial charge on any atom is 0.410 e. The first-order valence-electron chi connectivity index (χ1n) is 16.2. The van der Waals surface area contributed by atoms with Gasteiger partial charge in [0.25, 0.3) is 11.5 Å². The Morgan fingerprint density at radius 3 is 2.27 bits per heavy atom. The quantitative estimate of drug-likeness (QED) is 0.157. The van der Waals surface area contributed by atoms with E-state index in [1.807, 2.05) is 45.9 Å². The zero-order chi connectivity index (χ0) is 35.9. The van der Waals surface area contributed by atoms with Gasteiger partial charge in [-0.3, -0.25) is 24.4 Å². The smallest absolute Gasteiger partial charge is 0.410 e. The number of rotatable bonds is 10. The van der Waals surface area contributed by atoms with Crippen LogP contribution in [0.2, 0.25) is 0 Å². The van der Waals surface area contributed by atoms with Crippen LogP contribution < -0.4 is 26.6 Å². The van der Waals surface area contributed by atoms with Crippen LogP contribution in [-0.2, 0) is 20.9 Å². The number of benzene rings is 1. The van der Waals surface area contributed by atoms with Crippen LogP contribution in [0.4, 0.5) is 16.3 Å². The molecule has 2 aromatic heterocycles. The number of hydroxylamine groups is 1. The van der Waals surface area contributed by atoms with Crippen LogP contribution in [0.5, 0.6) is 0 Å². The van der Waals surface area contributed by atoms with Crippen molar-refractivity contribution in [1.29, 1.82) is 0 Å². The van der Waals surface area contributed by atoms with Crippen LogP contribution in [0.3, 0.4) is 0 Å². The molecule has 0 unspecified atom stereocenters. The standard InChI is InChI=1S/C35H45N7O7/c1-21-16-22(2)38-33(46)27(21)20-37-32(45)26-17-25(18-28(23(26)3)39-30(43)8-7-9-31(44)40-48)24-10-11-29(36-19-24)41-12-14-42(15-13-41)34(47)49-35(4,5)6/h10-11,16-19,48H,7-9,12-15,20H2,1-6H3,(H,37,45)(H,38,46)(H,39,43)(H,40,44). The fourth-order valence-corrected chi connectivity index (χ4v) is 5.48. The highest BCUT2D eigenvalue weighted by Crippen LogP contribution is 2.30. The van der Waals surface area contributed by atoms with Crippen LogP contribution in [-0.4, -0.2) is 75.7 Å². The number of ether oxygens (including phenoxy) is 1. The zero-order valence-corrected chi connectivity index (χ0v) is 28.9. The van der Waals surface area contributed by atoms with E-state index in [0.29, 0.717) is 59.7 Å². The van der Waals surface area contributed by atoms with Gasteiger partial charge < -0.3 is 30.2 Å². The lowest BCUT2D eigenvalue weighted by atomic mass is 9.97. The van der Waals surface area contributed by atoms with Gasteiger partial charge in [0.05, 0.1) is 0 Å². The molecule has 0 spiro atoms. The molecule has 0 aliphatic carbocycles. The Labute approximate surface area is 285 Å². The molecule has 14 heteroatoms. The number of anilines is 2. The number of carbonyl (C=O) groups excluding carboxylic acids is 4. The number of aryl methyl sites for hydroxylation is 2. The highest BCUT2D eigenvalue weighted by Gasteiger charge is 2.26. The Kier molecular flexibility index (Phi) is 11.8. The summed E-state index contributed by atoms with van der Waals surface area (Å²) in [5.41, 5.74) is 5.19. The van der Waals surface area contributed by atoms with Crippen molar-refractivity contribution < 1.29 is 29.1 Å². The third kappa shape index (κ3) is 9.89. The summed E-state index contributed by atoms with van der Waals surface area (Å²) in [4.78, 5) is 74.0. The molecule has 1 saturated heterocycles. The highest BCUT2D eigenvalue weighted by molar-refractivity contribution is 6.01. The van der Waals surface area contributed by atoms with Gasteiger partial charge in [0.15, 0.2) is 0 Å². The lowest BCUT2D eigenvalue weighted by molar-refractivity contribution is -0.129. The fourth-order valence-electron chi connectivity index (χ4n) is 5.48. The minimum Gasteiger partial charge on any atom is -0.444 e. The van der Waals surface area contributed by atoms with Crippen molar-refractivity contribution >= 4 is 35.3 Å². The number of nitrogens with zero attached hydrogens (tertiary/aromatic N) is 3. The molecule has 5 N–H and O–H groups in total. The summed E-state index contributed by atoms with van der Waals surface area (Å²) in [5, 5.41) is 14.4. The predicted octanol–water partition coefficient (Wildman–Crippen LogP) is 3.96. The summed E-state index contributed by atoms with van der Waals surface area (Å²) >= 11 is 0. The van der Waals surface area contributed by atoms with E-state index < -0.39 is 17.4 Å². The first-order chi connectivity index (χ1) is 23.1. The monoisotopic (exact) mass is 675 g/mol. The number of H-pyrrole nitrogens is 1. The highest BCUT2D eigenvalue weighted by atomic mass is 16.6. The summed E-state index contributed by atoms with van der Waals surface area (Å²) in [6.45, 7) is 13.0. The molecule has 1 fully saturated rings. The average molecular weight is 676 g/mol. The molecule has 4 amide bonds. The van der Waals surface area contributed by atoms with Crippen molar-refractivity contribution in [2.45, 2.75) is 73.0 Å². The van der Waals surface area contributed by atoms with E-state index in [2.05, 4.69) is 25.5 Å². The topological polar surface area (TPSA) is 186 Å². The van der Waals surface area contributed by atoms with Crippen molar-refractivity contribution in [2.24, 2.45) is 0 Å². The van der Waals surface area contributed by atoms with Crippen LogP contribution in [0.15, 0.2) is 41.3 Å². The molecule has 0 radical (unpaired) electrons. The molecule has 49 heavy (non-hydrogen) atoms.